The molecular formula is C21H16FN5O4. The molecule has 1 amide bonds. The van der Waals surface area contributed by atoms with E-state index in [1.165, 1.54) is 42.4 Å². The lowest BCUT2D eigenvalue weighted by atomic mass is 10.2. The van der Waals surface area contributed by atoms with Crippen molar-refractivity contribution in [1.29, 1.82) is 0 Å². The smallest absolute Gasteiger partial charge is 0.339 e. The molecule has 3 heterocycles. The van der Waals surface area contributed by atoms with E-state index in [0.29, 0.717) is 0 Å². The van der Waals surface area contributed by atoms with Crippen LogP contribution >= 0.6 is 0 Å². The van der Waals surface area contributed by atoms with Crippen LogP contribution in [0.3, 0.4) is 0 Å². The zero-order valence-corrected chi connectivity index (χ0v) is 16.2. The second kappa shape index (κ2) is 8.11. The molecule has 0 aliphatic rings. The van der Waals surface area contributed by atoms with Crippen molar-refractivity contribution in [2.45, 2.75) is 0 Å². The van der Waals surface area contributed by atoms with E-state index in [2.05, 4.69) is 20.1 Å². The molecular weight excluding hydrogens is 405 g/mol. The maximum absolute atomic E-state index is 14.4. The van der Waals surface area contributed by atoms with Gasteiger partial charge in [0.05, 0.1) is 18.9 Å². The number of nitrogens with zero attached hydrogens (tertiary/aromatic N) is 3. The van der Waals surface area contributed by atoms with E-state index in [4.69, 9.17) is 0 Å². The number of nitrogens with one attached hydrogen (secondary N) is 2. The summed E-state index contributed by atoms with van der Waals surface area (Å²) >= 11 is 0. The zero-order valence-electron chi connectivity index (χ0n) is 16.2. The van der Waals surface area contributed by atoms with Crippen LogP contribution in [-0.4, -0.2) is 38.3 Å². The van der Waals surface area contributed by atoms with Gasteiger partial charge >= 0.3 is 5.97 Å². The third-order valence-electron chi connectivity index (χ3n) is 4.49. The molecule has 2 N–H and O–H groups in total. The second-order valence-electron chi connectivity index (χ2n) is 6.41. The average molecular weight is 421 g/mol. The van der Waals surface area contributed by atoms with Crippen LogP contribution in [0.25, 0.3) is 11.5 Å². The summed E-state index contributed by atoms with van der Waals surface area (Å²) in [4.78, 5) is 39.3. The van der Waals surface area contributed by atoms with Gasteiger partial charge in [-0.25, -0.2) is 13.9 Å². The molecule has 0 saturated heterocycles. The van der Waals surface area contributed by atoms with Gasteiger partial charge in [-0.1, -0.05) is 12.1 Å². The number of H-pyrrole nitrogens is 1. The number of para-hydroxylation sites is 1. The number of ether oxygens (including phenoxy) is 1. The van der Waals surface area contributed by atoms with E-state index < -0.39 is 23.3 Å². The number of hydrogen-bond donors (Lipinski definition) is 2. The highest BCUT2D eigenvalue weighted by Crippen LogP contribution is 2.22. The number of benzene rings is 1. The average Bonchev–Trinajstić information content (AvgIpc) is 3.44. The Morgan fingerprint density at radius 2 is 1.90 bits per heavy atom. The van der Waals surface area contributed by atoms with Crippen molar-refractivity contribution < 1.29 is 18.7 Å². The molecule has 0 aliphatic heterocycles. The lowest BCUT2D eigenvalue weighted by Gasteiger charge is -2.12. The summed E-state index contributed by atoms with van der Waals surface area (Å²) in [7, 11) is 1.20. The van der Waals surface area contributed by atoms with Gasteiger partial charge in [0.15, 0.2) is 5.82 Å². The number of amides is 1. The number of anilines is 1. The number of halogens is 1. The van der Waals surface area contributed by atoms with Crippen LogP contribution in [-0.2, 0) is 4.74 Å². The monoisotopic (exact) mass is 421 g/mol. The Balaban J connectivity index is 1.77. The molecule has 4 aromatic rings. The minimum Gasteiger partial charge on any atom is -0.465 e. The number of methoxy groups -OCH3 is 1. The molecule has 9 nitrogen and oxygen atoms in total. The first kappa shape index (κ1) is 19.8. The summed E-state index contributed by atoms with van der Waals surface area (Å²) in [5.74, 6) is -1.59. The summed E-state index contributed by atoms with van der Waals surface area (Å²) < 4.78 is 21.9. The molecule has 3 aromatic heterocycles. The molecule has 0 atom stereocenters. The number of esters is 1. The van der Waals surface area contributed by atoms with Crippen LogP contribution in [0.4, 0.5) is 10.1 Å². The van der Waals surface area contributed by atoms with Crippen molar-refractivity contribution in [3.05, 3.63) is 94.5 Å². The van der Waals surface area contributed by atoms with Gasteiger partial charge in [0.1, 0.15) is 22.8 Å². The second-order valence-corrected chi connectivity index (χ2v) is 6.41. The Bertz CT molecular complexity index is 1320. The van der Waals surface area contributed by atoms with Gasteiger partial charge in [-0.2, -0.15) is 5.10 Å². The first-order valence-corrected chi connectivity index (χ1v) is 9.08. The lowest BCUT2D eigenvalue weighted by Crippen LogP contribution is -2.22. The molecule has 156 valence electrons. The van der Waals surface area contributed by atoms with Gasteiger partial charge in [0.25, 0.3) is 11.5 Å². The summed E-state index contributed by atoms with van der Waals surface area (Å²) in [6.45, 7) is 0. The molecule has 0 unspecified atom stereocenters. The van der Waals surface area contributed by atoms with Gasteiger partial charge < -0.3 is 19.6 Å². The number of hydrogen-bond acceptors (Lipinski definition) is 5. The largest absolute Gasteiger partial charge is 0.465 e. The fourth-order valence-corrected chi connectivity index (χ4v) is 3.03. The van der Waals surface area contributed by atoms with Crippen LogP contribution in [0.15, 0.2) is 72.0 Å². The number of aromatic amines is 1. The number of rotatable bonds is 5. The van der Waals surface area contributed by atoms with Crippen LogP contribution < -0.4 is 10.9 Å². The number of pyridine rings is 1. The summed E-state index contributed by atoms with van der Waals surface area (Å²) in [5.41, 5.74) is -0.460. The maximum atomic E-state index is 14.4. The van der Waals surface area contributed by atoms with Gasteiger partial charge in [-0.05, 0) is 30.3 Å². The van der Waals surface area contributed by atoms with Crippen LogP contribution in [0.1, 0.15) is 20.7 Å². The first-order valence-electron chi connectivity index (χ1n) is 9.08. The minimum absolute atomic E-state index is 0.0603. The Labute approximate surface area is 174 Å². The molecule has 4 rings (SSSR count). The van der Waals surface area contributed by atoms with Crippen molar-refractivity contribution in [1.82, 2.24) is 19.3 Å². The van der Waals surface area contributed by atoms with E-state index in [1.54, 1.807) is 41.2 Å². The Morgan fingerprint density at radius 1 is 1.16 bits per heavy atom. The van der Waals surface area contributed by atoms with Gasteiger partial charge in [-0.3, -0.25) is 9.59 Å². The van der Waals surface area contributed by atoms with Crippen LogP contribution in [0, 0.1) is 5.82 Å². The van der Waals surface area contributed by atoms with Crippen molar-refractivity contribution in [3.63, 3.8) is 0 Å². The SMILES string of the molecule is COC(=O)c1c[nH]c(=O)c(NC(=O)c2cnn(-c3ccccc3F)c2-n2cccc2)c1. The lowest BCUT2D eigenvalue weighted by molar-refractivity contribution is 0.0600. The molecule has 0 aliphatic carbocycles. The van der Waals surface area contributed by atoms with Crippen LogP contribution in [0.5, 0.6) is 0 Å². The summed E-state index contributed by atoms with van der Waals surface area (Å²) in [6, 6.07) is 10.7. The summed E-state index contributed by atoms with van der Waals surface area (Å²) in [6.07, 6.45) is 5.81. The molecule has 0 saturated carbocycles. The molecule has 0 bridgehead atoms. The number of carbonyl (C=O) groups is 2. The van der Waals surface area contributed by atoms with Gasteiger partial charge in [-0.15, -0.1) is 0 Å². The van der Waals surface area contributed by atoms with E-state index in [0.717, 1.165) is 0 Å². The van der Waals surface area contributed by atoms with Crippen molar-refractivity contribution in [2.24, 2.45) is 0 Å². The molecule has 1 aromatic carbocycles. The van der Waals surface area contributed by atoms with Crippen molar-refractivity contribution in [3.8, 4) is 11.5 Å². The number of aromatic nitrogens is 4. The molecule has 0 fully saturated rings. The maximum Gasteiger partial charge on any atom is 0.339 e. The topological polar surface area (TPSA) is 111 Å². The Morgan fingerprint density at radius 3 is 2.61 bits per heavy atom. The minimum atomic E-state index is -0.674. The quantitative estimate of drug-likeness (QED) is 0.481. The number of carbonyl (C=O) groups excluding carboxylic acids is 2. The predicted molar refractivity (Wildman–Crippen MR) is 109 cm³/mol. The molecule has 0 radical (unpaired) electrons. The highest BCUT2D eigenvalue weighted by Gasteiger charge is 2.22. The predicted octanol–water partition coefficient (Wildman–Crippen LogP) is 2.53. The third kappa shape index (κ3) is 3.73. The Hall–Kier alpha value is -4.47. The summed E-state index contributed by atoms with van der Waals surface area (Å²) in [5, 5.41) is 6.66. The fraction of sp³-hybridized carbons (Fsp3) is 0.0476. The molecule has 0 spiro atoms. The van der Waals surface area contributed by atoms with Gasteiger partial charge in [0, 0.05) is 18.6 Å². The first-order chi connectivity index (χ1) is 15.0. The Kier molecular flexibility index (Phi) is 5.19. The fourth-order valence-electron chi connectivity index (χ4n) is 3.03. The van der Waals surface area contributed by atoms with Crippen LogP contribution in [0.2, 0.25) is 0 Å². The van der Waals surface area contributed by atoms with E-state index in [1.807, 2.05) is 0 Å². The molecule has 10 heteroatoms. The van der Waals surface area contributed by atoms with Crippen molar-refractivity contribution >= 4 is 17.6 Å². The highest BCUT2D eigenvalue weighted by molar-refractivity contribution is 6.06. The highest BCUT2D eigenvalue weighted by atomic mass is 19.1. The van der Waals surface area contributed by atoms with E-state index in [-0.39, 0.29) is 28.3 Å². The van der Waals surface area contributed by atoms with Crippen molar-refractivity contribution in [2.75, 3.05) is 12.4 Å². The molecule has 31 heavy (non-hydrogen) atoms. The third-order valence-corrected chi connectivity index (χ3v) is 4.49. The normalized spacial score (nSPS) is 10.6. The standard InChI is InChI=1S/C21H16FN5O4/c1-31-21(30)13-10-16(19(29)23-11-13)25-18(28)14-12-24-27(17-7-3-2-6-15(17)22)20(14)26-8-4-5-9-26/h2-12H,1H3,(H,23,29)(H,25,28). The van der Waals surface area contributed by atoms with Gasteiger partial charge in [0.2, 0.25) is 0 Å². The van der Waals surface area contributed by atoms with E-state index >= 15 is 0 Å². The zero-order chi connectivity index (χ0) is 22.0. The van der Waals surface area contributed by atoms with E-state index in [9.17, 15) is 18.8 Å².